The molecule has 2 heterocycles. The number of carbonyl (C=O) groups excluding carboxylic acids is 4. The third-order valence-electron chi connectivity index (χ3n) is 12.3. The smallest absolute Gasteiger partial charge is 0.301 e. The highest BCUT2D eigenvalue weighted by molar-refractivity contribution is 6.36. The number of hydrogen-bond acceptors (Lipinski definition) is 13. The van der Waals surface area contributed by atoms with Gasteiger partial charge in [-0.2, -0.15) is 5.01 Å². The number of hydrazine groups is 1. The number of halogens is 2. The fourth-order valence-electron chi connectivity index (χ4n) is 9.90. The lowest BCUT2D eigenvalue weighted by Gasteiger charge is -2.50. The molecule has 2 saturated heterocycles. The standard InChI is InChI=1S/C43H38Cl2N6O11/c1-47(2)38-33(50(57)58)19-24(20-34(38)51(59)60)48-39(53)28-14-13-26-29(36(28)41(48)55)21-30-40(54)49(46-32-15-10-23(44)18-31(32)45)42(56)43(30,22-8-11-25(61-3)12-9-22)37(26)27-6-4-5-7-35(27)62-17-16-52/h4-13,15,18-20,28-30,36-37,46,52H,14,16-17,21H2,1-3H3. The summed E-state index contributed by atoms with van der Waals surface area (Å²) in [5.74, 6) is -7.28. The van der Waals surface area contributed by atoms with Crippen LogP contribution in [0.4, 0.5) is 28.4 Å². The van der Waals surface area contributed by atoms with Crippen LogP contribution in [0.3, 0.4) is 0 Å². The number of anilines is 3. The van der Waals surface area contributed by atoms with Crippen LogP contribution in [0.15, 0.2) is 90.5 Å². The van der Waals surface area contributed by atoms with E-state index in [4.69, 9.17) is 32.7 Å². The number of rotatable bonds is 12. The molecule has 17 nitrogen and oxygen atoms in total. The molecule has 1 saturated carbocycles. The summed E-state index contributed by atoms with van der Waals surface area (Å²) in [6.45, 7) is -0.450. The maximum absolute atomic E-state index is 15.6. The van der Waals surface area contributed by atoms with Gasteiger partial charge >= 0.3 is 11.4 Å². The molecule has 8 rings (SSSR count). The Morgan fingerprint density at radius 3 is 2.19 bits per heavy atom. The van der Waals surface area contributed by atoms with Crippen molar-refractivity contribution in [3.63, 3.8) is 0 Å². The summed E-state index contributed by atoms with van der Waals surface area (Å²) in [6, 6.07) is 20.1. The Labute approximate surface area is 363 Å². The molecule has 19 heteroatoms. The Morgan fingerprint density at radius 2 is 1.58 bits per heavy atom. The van der Waals surface area contributed by atoms with Crippen molar-refractivity contribution in [3.8, 4) is 11.5 Å². The minimum Gasteiger partial charge on any atom is -0.497 e. The number of nitrogens with zero attached hydrogens (tertiary/aromatic N) is 5. The highest BCUT2D eigenvalue weighted by atomic mass is 35.5. The van der Waals surface area contributed by atoms with Gasteiger partial charge in [0.25, 0.3) is 11.8 Å². The van der Waals surface area contributed by atoms with E-state index in [0.29, 0.717) is 33.2 Å². The molecule has 4 aliphatic rings. The normalized spacial score (nSPS) is 24.0. The van der Waals surface area contributed by atoms with Crippen LogP contribution in [-0.4, -0.2) is 78.0 Å². The molecule has 0 bridgehead atoms. The fraction of sp³-hybridized carbons (Fsp3) is 0.302. The van der Waals surface area contributed by atoms with Gasteiger partial charge in [0.2, 0.25) is 11.8 Å². The predicted octanol–water partition coefficient (Wildman–Crippen LogP) is 6.45. The first kappa shape index (κ1) is 42.1. The predicted molar refractivity (Wildman–Crippen MR) is 226 cm³/mol. The van der Waals surface area contributed by atoms with Crippen LogP contribution in [-0.2, 0) is 24.6 Å². The summed E-state index contributed by atoms with van der Waals surface area (Å²) in [5, 5.41) is 35.8. The van der Waals surface area contributed by atoms with Gasteiger partial charge in [-0.25, -0.2) is 4.90 Å². The molecule has 320 valence electrons. The van der Waals surface area contributed by atoms with Gasteiger partial charge in [-0.3, -0.25) is 44.8 Å². The second-order valence-electron chi connectivity index (χ2n) is 15.6. The molecule has 2 aliphatic heterocycles. The van der Waals surface area contributed by atoms with Crippen molar-refractivity contribution >= 4 is 75.3 Å². The number of hydrogen-bond donors (Lipinski definition) is 2. The number of allylic oxidation sites excluding steroid dienone is 2. The number of nitro benzene ring substituents is 2. The molecule has 2 aliphatic carbocycles. The number of ether oxygens (including phenoxy) is 2. The minimum absolute atomic E-state index is 0.0124. The number of aliphatic hydroxyl groups is 1. The molecule has 4 aromatic rings. The maximum atomic E-state index is 15.6. The minimum atomic E-state index is -1.72. The van der Waals surface area contributed by atoms with Crippen molar-refractivity contribution < 1.29 is 43.6 Å². The molecule has 0 aromatic heterocycles. The lowest BCUT2D eigenvalue weighted by atomic mass is 9.49. The second-order valence-corrected chi connectivity index (χ2v) is 16.4. The van der Waals surface area contributed by atoms with E-state index in [0.717, 1.165) is 22.0 Å². The van der Waals surface area contributed by atoms with Crippen molar-refractivity contribution in [2.24, 2.45) is 23.7 Å². The zero-order valence-corrected chi connectivity index (χ0v) is 34.8. The molecule has 6 unspecified atom stereocenters. The van der Waals surface area contributed by atoms with Gasteiger partial charge < -0.3 is 19.5 Å². The van der Waals surface area contributed by atoms with Crippen LogP contribution >= 0.6 is 23.2 Å². The van der Waals surface area contributed by atoms with Crippen LogP contribution in [0, 0.1) is 43.9 Å². The lowest BCUT2D eigenvalue weighted by molar-refractivity contribution is -0.392. The number of nitrogens with one attached hydrogen (secondary N) is 1. The number of amides is 4. The average molecular weight is 886 g/mol. The number of benzene rings is 4. The van der Waals surface area contributed by atoms with Crippen molar-refractivity contribution in [2.75, 3.05) is 49.6 Å². The molecule has 62 heavy (non-hydrogen) atoms. The molecule has 6 atom stereocenters. The third kappa shape index (κ3) is 6.49. The largest absolute Gasteiger partial charge is 0.497 e. The van der Waals surface area contributed by atoms with Crippen LogP contribution in [0.1, 0.15) is 29.9 Å². The highest BCUT2D eigenvalue weighted by Crippen LogP contribution is 2.65. The first-order valence-electron chi connectivity index (χ1n) is 19.4. The molecule has 4 aromatic carbocycles. The Kier molecular flexibility index (Phi) is 10.9. The Hall–Kier alpha value is -6.56. The summed E-state index contributed by atoms with van der Waals surface area (Å²) in [5.41, 5.74) is 0.852. The van der Waals surface area contributed by atoms with E-state index in [1.165, 1.54) is 44.3 Å². The third-order valence-corrected chi connectivity index (χ3v) is 12.9. The number of para-hydroxylation sites is 1. The van der Waals surface area contributed by atoms with Crippen LogP contribution in [0.2, 0.25) is 10.0 Å². The SMILES string of the molecule is COc1ccc(C23C(=O)N(Nc4ccc(Cl)cc4Cl)C(=O)C2CC2C(=CCC4C(=O)N(c5cc([N+](=O)[O-])c(N(C)C)c([N+](=O)[O-])c5)C(=O)C42)C3c2ccccc2OCCO)cc1. The Morgan fingerprint density at radius 1 is 0.903 bits per heavy atom. The molecule has 2 N–H and O–H groups in total. The van der Waals surface area contributed by atoms with Gasteiger partial charge in [0.1, 0.15) is 18.1 Å². The van der Waals surface area contributed by atoms with E-state index < -0.39 is 79.9 Å². The topological polar surface area (TPSA) is 215 Å². The van der Waals surface area contributed by atoms with E-state index in [9.17, 15) is 34.9 Å². The molecule has 4 amide bonds. The Bertz CT molecular complexity index is 2570. The van der Waals surface area contributed by atoms with Crippen molar-refractivity contribution in [2.45, 2.75) is 24.2 Å². The monoisotopic (exact) mass is 884 g/mol. The van der Waals surface area contributed by atoms with E-state index >= 15 is 9.59 Å². The number of imide groups is 2. The first-order chi connectivity index (χ1) is 29.6. The first-order valence-corrected chi connectivity index (χ1v) is 20.2. The zero-order valence-electron chi connectivity index (χ0n) is 33.3. The molecular weight excluding hydrogens is 847 g/mol. The van der Waals surface area contributed by atoms with Gasteiger partial charge in [-0.05, 0) is 60.7 Å². The molecule has 3 fully saturated rings. The summed E-state index contributed by atoms with van der Waals surface area (Å²) < 4.78 is 11.6. The number of carbonyl (C=O) groups is 4. The molecular formula is C43H38Cl2N6O11. The number of methoxy groups -OCH3 is 1. The molecule has 0 radical (unpaired) electrons. The van der Waals surface area contributed by atoms with Gasteiger partial charge in [0, 0.05) is 42.7 Å². The zero-order chi connectivity index (χ0) is 44.4. The quantitative estimate of drug-likeness (QED) is 0.0679. The maximum Gasteiger partial charge on any atom is 0.301 e. The fourth-order valence-corrected chi connectivity index (χ4v) is 10.4. The highest BCUT2D eigenvalue weighted by Gasteiger charge is 2.71. The van der Waals surface area contributed by atoms with Gasteiger partial charge in [0.05, 0.1) is 63.1 Å². The summed E-state index contributed by atoms with van der Waals surface area (Å²) in [4.78, 5) is 85.1. The summed E-state index contributed by atoms with van der Waals surface area (Å²) >= 11 is 12.7. The van der Waals surface area contributed by atoms with E-state index in [1.54, 1.807) is 54.6 Å². The molecule has 0 spiro atoms. The number of nitro groups is 2. The van der Waals surface area contributed by atoms with E-state index in [1.807, 2.05) is 0 Å². The van der Waals surface area contributed by atoms with Crippen LogP contribution in [0.5, 0.6) is 11.5 Å². The van der Waals surface area contributed by atoms with Crippen molar-refractivity contribution in [1.82, 2.24) is 5.01 Å². The van der Waals surface area contributed by atoms with E-state index in [-0.39, 0.29) is 48.1 Å². The Balaban J connectivity index is 1.33. The second kappa shape index (κ2) is 16.0. The van der Waals surface area contributed by atoms with Gasteiger partial charge in [0.15, 0.2) is 5.69 Å². The van der Waals surface area contributed by atoms with Gasteiger partial charge in [-0.15, -0.1) is 0 Å². The lowest BCUT2D eigenvalue weighted by Crippen LogP contribution is -2.53. The summed E-state index contributed by atoms with van der Waals surface area (Å²) in [6.07, 6.45) is 1.68. The number of fused-ring (bicyclic) bond motifs is 4. The summed E-state index contributed by atoms with van der Waals surface area (Å²) in [7, 11) is 4.29. The van der Waals surface area contributed by atoms with Crippen LogP contribution in [0.25, 0.3) is 0 Å². The van der Waals surface area contributed by atoms with Gasteiger partial charge in [-0.1, -0.05) is 65.2 Å². The van der Waals surface area contributed by atoms with Crippen molar-refractivity contribution in [3.05, 3.63) is 132 Å². The number of aliphatic hydroxyl groups excluding tert-OH is 1. The van der Waals surface area contributed by atoms with Crippen molar-refractivity contribution in [1.29, 1.82) is 0 Å². The van der Waals surface area contributed by atoms with E-state index in [2.05, 4.69) is 5.43 Å². The average Bonchev–Trinajstić information content (AvgIpc) is 3.63. The van der Waals surface area contributed by atoms with Crippen LogP contribution < -0.4 is 24.7 Å².